The van der Waals surface area contributed by atoms with E-state index in [4.69, 9.17) is 4.74 Å². The van der Waals surface area contributed by atoms with Crippen LogP contribution in [0.25, 0.3) is 0 Å². The van der Waals surface area contributed by atoms with Crippen molar-refractivity contribution in [2.45, 2.75) is 52.5 Å². The summed E-state index contributed by atoms with van der Waals surface area (Å²) in [5.41, 5.74) is 2.58. The van der Waals surface area contributed by atoms with Crippen LogP contribution in [0, 0.1) is 18.2 Å². The lowest BCUT2D eigenvalue weighted by atomic mass is 9.74. The molecule has 0 spiro atoms. The fourth-order valence-electron chi connectivity index (χ4n) is 2.91. The van der Waals surface area contributed by atoms with Gasteiger partial charge in [0, 0.05) is 25.3 Å². The Balaban J connectivity index is 2.17. The molecule has 1 saturated heterocycles. The maximum atomic E-state index is 13.6. The molecule has 1 fully saturated rings. The number of halogens is 1. The van der Waals surface area contributed by atoms with Crippen molar-refractivity contribution < 1.29 is 9.13 Å². The number of ether oxygens (including phenoxy) is 1. The zero-order valence-electron chi connectivity index (χ0n) is 13.8. The lowest BCUT2D eigenvalue weighted by molar-refractivity contribution is 0.0120. The van der Waals surface area contributed by atoms with Crippen LogP contribution >= 0.6 is 0 Å². The van der Waals surface area contributed by atoms with Crippen LogP contribution in [0.4, 0.5) is 4.39 Å². The van der Waals surface area contributed by atoms with Crippen LogP contribution < -0.4 is 5.32 Å². The molecule has 0 aromatic heterocycles. The molecule has 118 valence electrons. The Hall–Kier alpha value is -0.930. The Morgan fingerprint density at radius 1 is 1.24 bits per heavy atom. The van der Waals surface area contributed by atoms with Gasteiger partial charge in [0.25, 0.3) is 0 Å². The van der Waals surface area contributed by atoms with Gasteiger partial charge < -0.3 is 10.1 Å². The number of benzene rings is 1. The van der Waals surface area contributed by atoms with Crippen molar-refractivity contribution in [2.75, 3.05) is 19.8 Å². The molecule has 0 unspecified atom stereocenters. The summed E-state index contributed by atoms with van der Waals surface area (Å²) < 4.78 is 19.1. The van der Waals surface area contributed by atoms with Crippen LogP contribution in [0.15, 0.2) is 18.2 Å². The highest BCUT2D eigenvalue weighted by Gasteiger charge is 2.34. The van der Waals surface area contributed by atoms with Gasteiger partial charge in [0.2, 0.25) is 0 Å². The van der Waals surface area contributed by atoms with E-state index in [1.54, 1.807) is 12.1 Å². The van der Waals surface area contributed by atoms with Crippen molar-refractivity contribution >= 4 is 0 Å². The van der Waals surface area contributed by atoms with Crippen molar-refractivity contribution in [3.05, 3.63) is 35.1 Å². The first-order valence-electron chi connectivity index (χ1n) is 7.88. The molecule has 1 N–H and O–H groups in total. The zero-order chi connectivity index (χ0) is 15.5. The Morgan fingerprint density at radius 3 is 2.52 bits per heavy atom. The van der Waals surface area contributed by atoms with E-state index in [1.165, 1.54) is 5.56 Å². The van der Waals surface area contributed by atoms with Crippen molar-refractivity contribution in [1.82, 2.24) is 5.32 Å². The molecule has 0 radical (unpaired) electrons. The van der Waals surface area contributed by atoms with Crippen LogP contribution in [-0.4, -0.2) is 25.3 Å². The second kappa shape index (κ2) is 6.45. The van der Waals surface area contributed by atoms with Gasteiger partial charge in [-0.1, -0.05) is 6.07 Å². The van der Waals surface area contributed by atoms with Gasteiger partial charge >= 0.3 is 0 Å². The van der Waals surface area contributed by atoms with Crippen molar-refractivity contribution in [2.24, 2.45) is 5.41 Å². The Bertz CT molecular complexity index is 473. The van der Waals surface area contributed by atoms with Gasteiger partial charge in [0.1, 0.15) is 5.82 Å². The third kappa shape index (κ3) is 4.79. The number of aryl methyl sites for hydroxylation is 1. The Kier molecular flexibility index (Phi) is 5.05. The third-order valence-electron chi connectivity index (χ3n) is 4.42. The van der Waals surface area contributed by atoms with Crippen LogP contribution in [0.3, 0.4) is 0 Å². The molecular weight excluding hydrogens is 265 g/mol. The smallest absolute Gasteiger partial charge is 0.123 e. The maximum Gasteiger partial charge on any atom is 0.123 e. The predicted octanol–water partition coefficient (Wildman–Crippen LogP) is 3.86. The molecule has 1 aliphatic rings. The summed E-state index contributed by atoms with van der Waals surface area (Å²) >= 11 is 0. The average molecular weight is 293 g/mol. The van der Waals surface area contributed by atoms with E-state index in [2.05, 4.69) is 33.0 Å². The monoisotopic (exact) mass is 293 g/mol. The van der Waals surface area contributed by atoms with Gasteiger partial charge in [-0.2, -0.15) is 0 Å². The SMILES string of the molecule is Cc1ccc(F)cc1CC1(CNC(C)(C)C)CCOCC1. The minimum atomic E-state index is -0.137. The molecular formula is C18H28FNO. The summed E-state index contributed by atoms with van der Waals surface area (Å²) in [6.07, 6.45) is 2.99. The van der Waals surface area contributed by atoms with Gasteiger partial charge in [-0.25, -0.2) is 4.39 Å². The molecule has 2 rings (SSSR count). The quantitative estimate of drug-likeness (QED) is 0.910. The first-order valence-corrected chi connectivity index (χ1v) is 7.88. The summed E-state index contributed by atoms with van der Waals surface area (Å²) in [6, 6.07) is 5.13. The van der Waals surface area contributed by atoms with Crippen LogP contribution in [0.2, 0.25) is 0 Å². The minimum Gasteiger partial charge on any atom is -0.381 e. The maximum absolute atomic E-state index is 13.6. The van der Waals surface area contributed by atoms with Crippen LogP contribution in [0.1, 0.15) is 44.7 Å². The third-order valence-corrected chi connectivity index (χ3v) is 4.42. The summed E-state index contributed by atoms with van der Waals surface area (Å²) in [5.74, 6) is -0.137. The topological polar surface area (TPSA) is 21.3 Å². The summed E-state index contributed by atoms with van der Waals surface area (Å²) in [5, 5.41) is 3.64. The second-order valence-corrected chi connectivity index (χ2v) is 7.46. The van der Waals surface area contributed by atoms with Gasteiger partial charge in [-0.05, 0) is 75.6 Å². The lowest BCUT2D eigenvalue weighted by Gasteiger charge is -2.40. The normalized spacial score (nSPS) is 18.7. The lowest BCUT2D eigenvalue weighted by Crippen LogP contribution is -2.47. The predicted molar refractivity (Wildman–Crippen MR) is 85.1 cm³/mol. The molecule has 1 aliphatic heterocycles. The van der Waals surface area contributed by atoms with E-state index in [1.807, 2.05) is 6.07 Å². The number of hydrogen-bond donors (Lipinski definition) is 1. The zero-order valence-corrected chi connectivity index (χ0v) is 13.8. The second-order valence-electron chi connectivity index (χ2n) is 7.46. The molecule has 0 saturated carbocycles. The summed E-state index contributed by atoms with van der Waals surface area (Å²) in [4.78, 5) is 0. The van der Waals surface area contributed by atoms with E-state index in [0.717, 1.165) is 44.6 Å². The van der Waals surface area contributed by atoms with E-state index < -0.39 is 0 Å². The summed E-state index contributed by atoms with van der Waals surface area (Å²) in [7, 11) is 0. The van der Waals surface area contributed by atoms with E-state index in [0.29, 0.717) is 0 Å². The largest absolute Gasteiger partial charge is 0.381 e. The van der Waals surface area contributed by atoms with Crippen molar-refractivity contribution in [3.63, 3.8) is 0 Å². The molecule has 0 amide bonds. The van der Waals surface area contributed by atoms with E-state index >= 15 is 0 Å². The Morgan fingerprint density at radius 2 is 1.90 bits per heavy atom. The molecule has 21 heavy (non-hydrogen) atoms. The number of hydrogen-bond acceptors (Lipinski definition) is 2. The van der Waals surface area contributed by atoms with Crippen molar-refractivity contribution in [1.29, 1.82) is 0 Å². The first-order chi connectivity index (χ1) is 9.80. The molecule has 3 heteroatoms. The molecule has 1 heterocycles. The average Bonchev–Trinajstić information content (AvgIpc) is 2.41. The van der Waals surface area contributed by atoms with Gasteiger partial charge in [0.15, 0.2) is 0 Å². The highest BCUT2D eigenvalue weighted by atomic mass is 19.1. The van der Waals surface area contributed by atoms with E-state index in [9.17, 15) is 4.39 Å². The molecule has 0 bridgehead atoms. The molecule has 2 nitrogen and oxygen atoms in total. The fourth-order valence-corrected chi connectivity index (χ4v) is 2.91. The number of nitrogens with one attached hydrogen (secondary N) is 1. The van der Waals surface area contributed by atoms with Gasteiger partial charge in [0.05, 0.1) is 0 Å². The highest BCUT2D eigenvalue weighted by molar-refractivity contribution is 5.28. The van der Waals surface area contributed by atoms with Crippen LogP contribution in [0.5, 0.6) is 0 Å². The molecule has 1 aromatic rings. The van der Waals surface area contributed by atoms with Crippen LogP contribution in [-0.2, 0) is 11.2 Å². The van der Waals surface area contributed by atoms with E-state index in [-0.39, 0.29) is 16.8 Å². The standard InChI is InChI=1S/C18H28FNO/c1-14-5-6-16(19)11-15(14)12-18(7-9-21-10-8-18)13-20-17(2,3)4/h5-6,11,20H,7-10,12-13H2,1-4H3. The minimum absolute atomic E-state index is 0.0995. The molecule has 0 aliphatic carbocycles. The van der Waals surface area contributed by atoms with Gasteiger partial charge in [-0.3, -0.25) is 0 Å². The fraction of sp³-hybridized carbons (Fsp3) is 0.667. The highest BCUT2D eigenvalue weighted by Crippen LogP contribution is 2.35. The summed E-state index contributed by atoms with van der Waals surface area (Å²) in [6.45, 7) is 11.2. The van der Waals surface area contributed by atoms with Crippen molar-refractivity contribution in [3.8, 4) is 0 Å². The molecule has 0 atom stereocenters. The number of rotatable bonds is 4. The Labute approximate surface area is 128 Å². The molecule has 1 aromatic carbocycles. The van der Waals surface area contributed by atoms with Gasteiger partial charge in [-0.15, -0.1) is 0 Å². The first kappa shape index (κ1) is 16.4.